The van der Waals surface area contributed by atoms with Crippen molar-refractivity contribution in [1.82, 2.24) is 4.31 Å². The smallest absolute Gasteiger partial charge is 0.301 e. The minimum Gasteiger partial charge on any atom is -0.397 e. The van der Waals surface area contributed by atoms with E-state index in [-0.39, 0.29) is 0 Å². The van der Waals surface area contributed by atoms with E-state index in [2.05, 4.69) is 4.72 Å². The second-order valence-electron chi connectivity index (χ2n) is 4.65. The van der Waals surface area contributed by atoms with Gasteiger partial charge in [0.15, 0.2) is 0 Å². The molecule has 1 fully saturated rings. The number of nitrogens with one attached hydrogen (secondary N) is 1. The van der Waals surface area contributed by atoms with Crippen LogP contribution in [-0.4, -0.2) is 25.8 Å². The Morgan fingerprint density at radius 2 is 1.79 bits per heavy atom. The average Bonchev–Trinajstić information content (AvgIpc) is 2.63. The topological polar surface area (TPSA) is 75.4 Å². The van der Waals surface area contributed by atoms with Crippen LogP contribution in [0.3, 0.4) is 0 Å². The molecule has 106 valence electrons. The van der Waals surface area contributed by atoms with Crippen LogP contribution in [0.4, 0.5) is 11.4 Å². The maximum atomic E-state index is 12.3. The predicted molar refractivity (Wildman–Crippen MR) is 78.4 cm³/mol. The molecule has 1 aliphatic rings. The van der Waals surface area contributed by atoms with Crippen molar-refractivity contribution >= 4 is 33.2 Å². The zero-order valence-corrected chi connectivity index (χ0v) is 12.2. The third kappa shape index (κ3) is 3.75. The zero-order chi connectivity index (χ0) is 13.9. The van der Waals surface area contributed by atoms with Crippen LogP contribution in [0.2, 0.25) is 5.02 Å². The summed E-state index contributed by atoms with van der Waals surface area (Å²) >= 11 is 5.85. The van der Waals surface area contributed by atoms with Crippen LogP contribution in [0.15, 0.2) is 18.2 Å². The van der Waals surface area contributed by atoms with Gasteiger partial charge in [0.25, 0.3) is 0 Å². The predicted octanol–water partition coefficient (Wildman–Crippen LogP) is 2.45. The van der Waals surface area contributed by atoms with Gasteiger partial charge in [0, 0.05) is 18.1 Å². The van der Waals surface area contributed by atoms with E-state index >= 15 is 0 Å². The maximum Gasteiger partial charge on any atom is 0.301 e. The molecule has 7 heteroatoms. The number of rotatable bonds is 3. The van der Waals surface area contributed by atoms with Crippen molar-refractivity contribution in [3.63, 3.8) is 0 Å². The zero-order valence-electron chi connectivity index (χ0n) is 10.6. The fourth-order valence-corrected chi connectivity index (χ4v) is 3.60. The number of hydrogen-bond acceptors (Lipinski definition) is 3. The largest absolute Gasteiger partial charge is 0.397 e. The molecule has 5 nitrogen and oxygen atoms in total. The summed E-state index contributed by atoms with van der Waals surface area (Å²) in [6.45, 7) is 1.10. The Balaban J connectivity index is 2.18. The number of anilines is 2. The van der Waals surface area contributed by atoms with Crippen molar-refractivity contribution < 1.29 is 8.42 Å². The molecule has 1 aliphatic heterocycles. The quantitative estimate of drug-likeness (QED) is 0.842. The summed E-state index contributed by atoms with van der Waals surface area (Å²) in [6, 6.07) is 4.73. The Hall–Kier alpha value is -0.980. The maximum absolute atomic E-state index is 12.3. The first-order valence-corrected chi connectivity index (χ1v) is 8.14. The Labute approximate surface area is 118 Å². The van der Waals surface area contributed by atoms with E-state index < -0.39 is 10.2 Å². The standard InChI is InChI=1S/C12H18ClN3O2S/c13-10-5-6-11(14)12(9-10)15-19(17,18)16-7-3-1-2-4-8-16/h5-6,9,15H,1-4,7-8,14H2. The molecule has 0 atom stereocenters. The molecule has 19 heavy (non-hydrogen) atoms. The van der Waals surface area contributed by atoms with Gasteiger partial charge in [-0.05, 0) is 31.0 Å². The number of benzene rings is 1. The van der Waals surface area contributed by atoms with Crippen molar-refractivity contribution in [2.24, 2.45) is 0 Å². The lowest BCUT2D eigenvalue weighted by atomic mass is 10.2. The summed E-state index contributed by atoms with van der Waals surface area (Å²) in [4.78, 5) is 0. The van der Waals surface area contributed by atoms with E-state index in [0.29, 0.717) is 29.5 Å². The Morgan fingerprint density at radius 3 is 2.42 bits per heavy atom. The van der Waals surface area contributed by atoms with Gasteiger partial charge in [0.1, 0.15) is 0 Å². The van der Waals surface area contributed by atoms with Gasteiger partial charge in [0.05, 0.1) is 11.4 Å². The van der Waals surface area contributed by atoms with Crippen LogP contribution in [-0.2, 0) is 10.2 Å². The van der Waals surface area contributed by atoms with Crippen molar-refractivity contribution in [2.45, 2.75) is 25.7 Å². The molecule has 3 N–H and O–H groups in total. The molecule has 0 saturated carbocycles. The van der Waals surface area contributed by atoms with E-state index in [9.17, 15) is 8.42 Å². The van der Waals surface area contributed by atoms with E-state index in [1.165, 1.54) is 10.4 Å². The van der Waals surface area contributed by atoms with E-state index in [1.54, 1.807) is 12.1 Å². The number of nitrogens with zero attached hydrogens (tertiary/aromatic N) is 1. The molecule has 0 spiro atoms. The number of halogens is 1. The summed E-state index contributed by atoms with van der Waals surface area (Å²) in [5.41, 5.74) is 6.45. The van der Waals surface area contributed by atoms with E-state index in [1.807, 2.05) is 0 Å². The van der Waals surface area contributed by atoms with Crippen molar-refractivity contribution in [2.75, 3.05) is 23.5 Å². The first kappa shape index (κ1) is 14.4. The molecule has 0 unspecified atom stereocenters. The van der Waals surface area contributed by atoms with E-state index in [0.717, 1.165) is 25.7 Å². The van der Waals surface area contributed by atoms with Gasteiger partial charge in [-0.2, -0.15) is 12.7 Å². The normalized spacial score (nSPS) is 17.9. The minimum atomic E-state index is -3.55. The minimum absolute atomic E-state index is 0.330. The molecule has 0 aromatic heterocycles. The van der Waals surface area contributed by atoms with Crippen LogP contribution < -0.4 is 10.5 Å². The monoisotopic (exact) mass is 303 g/mol. The highest BCUT2D eigenvalue weighted by Gasteiger charge is 2.23. The third-order valence-electron chi connectivity index (χ3n) is 3.16. The first-order valence-electron chi connectivity index (χ1n) is 6.32. The molecular weight excluding hydrogens is 286 g/mol. The highest BCUT2D eigenvalue weighted by molar-refractivity contribution is 7.90. The lowest BCUT2D eigenvalue weighted by Crippen LogP contribution is -2.36. The van der Waals surface area contributed by atoms with Crippen LogP contribution in [0.25, 0.3) is 0 Å². The second kappa shape index (κ2) is 5.98. The van der Waals surface area contributed by atoms with Gasteiger partial charge in [-0.15, -0.1) is 0 Å². The van der Waals surface area contributed by atoms with Crippen molar-refractivity contribution in [3.05, 3.63) is 23.2 Å². The molecule has 1 heterocycles. The van der Waals surface area contributed by atoms with Gasteiger partial charge in [0.2, 0.25) is 0 Å². The molecule has 0 aliphatic carbocycles. The molecule has 0 radical (unpaired) electrons. The summed E-state index contributed by atoms with van der Waals surface area (Å²) in [6.07, 6.45) is 3.94. The lowest BCUT2D eigenvalue weighted by molar-refractivity contribution is 0.427. The fraction of sp³-hybridized carbons (Fsp3) is 0.500. The summed E-state index contributed by atoms with van der Waals surface area (Å²) in [7, 11) is -3.55. The summed E-state index contributed by atoms with van der Waals surface area (Å²) in [5, 5.41) is 0.447. The molecule has 2 rings (SSSR count). The van der Waals surface area contributed by atoms with E-state index in [4.69, 9.17) is 17.3 Å². The Kier molecular flexibility index (Phi) is 4.54. The second-order valence-corrected chi connectivity index (χ2v) is 6.76. The number of hydrogen-bond donors (Lipinski definition) is 2. The lowest BCUT2D eigenvalue weighted by Gasteiger charge is -2.21. The molecule has 0 bridgehead atoms. The average molecular weight is 304 g/mol. The van der Waals surface area contributed by atoms with Gasteiger partial charge < -0.3 is 5.73 Å². The number of nitrogens with two attached hydrogens (primary N) is 1. The Morgan fingerprint density at radius 1 is 1.16 bits per heavy atom. The van der Waals surface area contributed by atoms with Gasteiger partial charge in [-0.1, -0.05) is 24.4 Å². The van der Waals surface area contributed by atoms with Crippen molar-refractivity contribution in [1.29, 1.82) is 0 Å². The third-order valence-corrected chi connectivity index (χ3v) is 4.92. The van der Waals surface area contributed by atoms with Gasteiger partial charge >= 0.3 is 10.2 Å². The van der Waals surface area contributed by atoms with Gasteiger partial charge in [-0.25, -0.2) is 0 Å². The highest BCUT2D eigenvalue weighted by atomic mass is 35.5. The van der Waals surface area contributed by atoms with Crippen molar-refractivity contribution in [3.8, 4) is 0 Å². The van der Waals surface area contributed by atoms with Gasteiger partial charge in [-0.3, -0.25) is 4.72 Å². The molecule has 1 aromatic rings. The van der Waals surface area contributed by atoms with Crippen LogP contribution >= 0.6 is 11.6 Å². The number of nitrogen functional groups attached to an aromatic ring is 1. The molecule has 1 saturated heterocycles. The SMILES string of the molecule is Nc1ccc(Cl)cc1NS(=O)(=O)N1CCCCCC1. The molecular formula is C12H18ClN3O2S. The highest BCUT2D eigenvalue weighted by Crippen LogP contribution is 2.25. The first-order chi connectivity index (χ1) is 8.99. The molecule has 1 aromatic carbocycles. The summed E-state index contributed by atoms with van der Waals surface area (Å²) < 4.78 is 28.6. The Bertz CT molecular complexity index is 540. The van der Waals surface area contributed by atoms with Crippen LogP contribution in [0.5, 0.6) is 0 Å². The molecule has 0 amide bonds. The fourth-order valence-electron chi connectivity index (χ4n) is 2.10. The summed E-state index contributed by atoms with van der Waals surface area (Å²) in [5.74, 6) is 0. The van der Waals surface area contributed by atoms with Crippen LogP contribution in [0, 0.1) is 0 Å². The van der Waals surface area contributed by atoms with Crippen LogP contribution in [0.1, 0.15) is 25.7 Å².